The van der Waals surface area contributed by atoms with Gasteiger partial charge in [0.2, 0.25) is 5.91 Å². The van der Waals surface area contributed by atoms with Gasteiger partial charge in [-0.1, -0.05) is 12.1 Å². The van der Waals surface area contributed by atoms with Crippen molar-refractivity contribution in [1.29, 1.82) is 5.26 Å². The van der Waals surface area contributed by atoms with Crippen LogP contribution in [0.25, 0.3) is 0 Å². The van der Waals surface area contributed by atoms with Crippen molar-refractivity contribution in [1.82, 2.24) is 4.90 Å². The second-order valence-electron chi connectivity index (χ2n) is 4.93. The summed E-state index contributed by atoms with van der Waals surface area (Å²) in [6, 6.07) is 8.98. The number of amides is 1. The number of benzene rings is 1. The number of carbonyl (C=O) groups excluding carboxylic acids is 1. The average Bonchev–Trinajstić information content (AvgIpc) is 2.53. The minimum atomic E-state index is -0.166. The van der Waals surface area contributed by atoms with Crippen LogP contribution in [0.1, 0.15) is 12.0 Å². The van der Waals surface area contributed by atoms with Crippen LogP contribution in [0.3, 0.4) is 0 Å². The third kappa shape index (κ3) is 4.53. The Morgan fingerprint density at radius 1 is 1.52 bits per heavy atom. The number of nitrogens with zero attached hydrogens (tertiary/aromatic N) is 2. The van der Waals surface area contributed by atoms with E-state index in [1.807, 2.05) is 0 Å². The van der Waals surface area contributed by atoms with E-state index in [9.17, 15) is 4.79 Å². The van der Waals surface area contributed by atoms with E-state index in [0.717, 1.165) is 6.54 Å². The number of carbonyl (C=O) groups is 1. The molecular formula is C15H19N3O3. The van der Waals surface area contributed by atoms with Gasteiger partial charge in [0.05, 0.1) is 30.6 Å². The molecule has 112 valence electrons. The molecule has 0 radical (unpaired) electrons. The molecule has 1 aromatic rings. The smallest absolute Gasteiger partial charge is 0.225 e. The molecule has 2 rings (SSSR count). The largest absolute Gasteiger partial charge is 0.394 e. The van der Waals surface area contributed by atoms with E-state index in [4.69, 9.17) is 15.1 Å². The number of hydrogen-bond donors (Lipinski definition) is 2. The van der Waals surface area contributed by atoms with E-state index in [-0.39, 0.29) is 18.6 Å². The van der Waals surface area contributed by atoms with Gasteiger partial charge < -0.3 is 15.2 Å². The second-order valence-corrected chi connectivity index (χ2v) is 4.93. The Bertz CT molecular complexity index is 527. The number of para-hydroxylation sites is 1. The van der Waals surface area contributed by atoms with Crippen molar-refractivity contribution in [2.24, 2.45) is 0 Å². The summed E-state index contributed by atoms with van der Waals surface area (Å²) in [4.78, 5) is 14.0. The number of nitriles is 1. The zero-order chi connectivity index (χ0) is 15.1. The Labute approximate surface area is 123 Å². The second kappa shape index (κ2) is 7.74. The van der Waals surface area contributed by atoms with Gasteiger partial charge in [0, 0.05) is 26.1 Å². The normalized spacial score (nSPS) is 19.0. The summed E-state index contributed by atoms with van der Waals surface area (Å²) < 4.78 is 5.36. The molecule has 21 heavy (non-hydrogen) atoms. The van der Waals surface area contributed by atoms with Crippen LogP contribution < -0.4 is 5.32 Å². The maximum atomic E-state index is 11.9. The molecule has 1 atom stereocenters. The molecule has 6 heteroatoms. The third-order valence-electron chi connectivity index (χ3n) is 3.40. The highest BCUT2D eigenvalue weighted by atomic mass is 16.5. The number of rotatable bonds is 5. The van der Waals surface area contributed by atoms with Crippen LogP contribution in [0, 0.1) is 11.3 Å². The van der Waals surface area contributed by atoms with E-state index in [1.165, 1.54) is 0 Å². The molecule has 1 unspecified atom stereocenters. The molecule has 1 aliphatic heterocycles. The van der Waals surface area contributed by atoms with Gasteiger partial charge in [-0.05, 0) is 12.1 Å². The van der Waals surface area contributed by atoms with E-state index >= 15 is 0 Å². The Kier molecular flexibility index (Phi) is 5.69. The number of aliphatic hydroxyl groups is 1. The molecule has 1 amide bonds. The summed E-state index contributed by atoms with van der Waals surface area (Å²) in [5.41, 5.74) is 0.998. The summed E-state index contributed by atoms with van der Waals surface area (Å²) >= 11 is 0. The van der Waals surface area contributed by atoms with Gasteiger partial charge in [0.1, 0.15) is 6.07 Å². The molecule has 2 N–H and O–H groups in total. The lowest BCUT2D eigenvalue weighted by molar-refractivity contribution is -0.117. The molecule has 1 heterocycles. The van der Waals surface area contributed by atoms with Crippen LogP contribution in [0.15, 0.2) is 24.3 Å². The lowest BCUT2D eigenvalue weighted by Gasteiger charge is -2.31. The first-order valence-corrected chi connectivity index (χ1v) is 6.96. The van der Waals surface area contributed by atoms with Crippen molar-refractivity contribution >= 4 is 11.6 Å². The van der Waals surface area contributed by atoms with Gasteiger partial charge in [-0.2, -0.15) is 5.26 Å². The fourth-order valence-corrected chi connectivity index (χ4v) is 2.26. The van der Waals surface area contributed by atoms with Crippen molar-refractivity contribution in [2.45, 2.75) is 12.5 Å². The van der Waals surface area contributed by atoms with Crippen LogP contribution >= 0.6 is 0 Å². The zero-order valence-corrected chi connectivity index (χ0v) is 11.8. The predicted molar refractivity (Wildman–Crippen MR) is 77.7 cm³/mol. The molecule has 0 aromatic heterocycles. The molecule has 1 fully saturated rings. The summed E-state index contributed by atoms with van der Waals surface area (Å²) in [6.45, 7) is 2.58. The molecule has 1 aliphatic rings. The number of hydrogen-bond acceptors (Lipinski definition) is 5. The fraction of sp³-hybridized carbons (Fsp3) is 0.467. The highest BCUT2D eigenvalue weighted by Crippen LogP contribution is 2.14. The van der Waals surface area contributed by atoms with Crippen LogP contribution in [0.2, 0.25) is 0 Å². The molecule has 0 spiro atoms. The summed E-state index contributed by atoms with van der Waals surface area (Å²) in [6.07, 6.45) is 0.180. The first-order valence-electron chi connectivity index (χ1n) is 6.96. The molecule has 6 nitrogen and oxygen atoms in total. The Balaban J connectivity index is 1.81. The zero-order valence-electron chi connectivity index (χ0n) is 11.8. The van der Waals surface area contributed by atoms with Gasteiger partial charge in [-0.25, -0.2) is 0 Å². The van der Waals surface area contributed by atoms with E-state index in [1.54, 1.807) is 24.3 Å². The van der Waals surface area contributed by atoms with Crippen LogP contribution in [0.5, 0.6) is 0 Å². The lowest BCUT2D eigenvalue weighted by atomic mass is 10.2. The van der Waals surface area contributed by atoms with Crippen LogP contribution in [0.4, 0.5) is 5.69 Å². The minimum absolute atomic E-state index is 0.00174. The Morgan fingerprint density at radius 2 is 2.33 bits per heavy atom. The van der Waals surface area contributed by atoms with Gasteiger partial charge in [-0.3, -0.25) is 9.69 Å². The van der Waals surface area contributed by atoms with Crippen molar-refractivity contribution in [3.8, 4) is 6.07 Å². The highest BCUT2D eigenvalue weighted by molar-refractivity contribution is 5.92. The van der Waals surface area contributed by atoms with E-state index < -0.39 is 0 Å². The molecule has 0 bridgehead atoms. The molecular weight excluding hydrogens is 270 g/mol. The maximum Gasteiger partial charge on any atom is 0.225 e. The standard InChI is InChI=1S/C15H19N3O3/c16-9-12-3-1-2-4-14(12)17-15(20)5-6-18-7-8-21-13(10-18)11-19/h1-4,13,19H,5-8,10-11H2,(H,17,20). The Morgan fingerprint density at radius 3 is 3.10 bits per heavy atom. The average molecular weight is 289 g/mol. The monoisotopic (exact) mass is 289 g/mol. The number of anilines is 1. The van der Waals surface area contributed by atoms with E-state index in [0.29, 0.717) is 37.4 Å². The molecule has 1 aromatic carbocycles. The highest BCUT2D eigenvalue weighted by Gasteiger charge is 2.20. The van der Waals surface area contributed by atoms with Gasteiger partial charge in [0.25, 0.3) is 0 Å². The maximum absolute atomic E-state index is 11.9. The van der Waals surface area contributed by atoms with Crippen molar-refractivity contribution in [3.63, 3.8) is 0 Å². The fourth-order valence-electron chi connectivity index (χ4n) is 2.26. The van der Waals surface area contributed by atoms with Crippen LogP contribution in [-0.2, 0) is 9.53 Å². The number of morpholine rings is 1. The van der Waals surface area contributed by atoms with Gasteiger partial charge in [0.15, 0.2) is 0 Å². The van der Waals surface area contributed by atoms with E-state index in [2.05, 4.69) is 16.3 Å². The predicted octanol–water partition coefficient (Wildman–Crippen LogP) is 0.580. The minimum Gasteiger partial charge on any atom is -0.394 e. The number of aliphatic hydroxyl groups excluding tert-OH is 1. The third-order valence-corrected chi connectivity index (χ3v) is 3.40. The summed E-state index contributed by atoms with van der Waals surface area (Å²) in [5, 5.41) is 20.8. The van der Waals surface area contributed by atoms with Gasteiger partial charge >= 0.3 is 0 Å². The van der Waals surface area contributed by atoms with Gasteiger partial charge in [-0.15, -0.1) is 0 Å². The lowest BCUT2D eigenvalue weighted by Crippen LogP contribution is -2.44. The first kappa shape index (κ1) is 15.4. The molecule has 1 saturated heterocycles. The molecule has 0 saturated carbocycles. The quantitative estimate of drug-likeness (QED) is 0.828. The SMILES string of the molecule is N#Cc1ccccc1NC(=O)CCN1CCOC(CO)C1. The topological polar surface area (TPSA) is 85.6 Å². The molecule has 0 aliphatic carbocycles. The summed E-state index contributed by atoms with van der Waals surface area (Å²) in [5.74, 6) is -0.121. The van der Waals surface area contributed by atoms with Crippen molar-refractivity contribution < 1.29 is 14.6 Å². The van der Waals surface area contributed by atoms with Crippen molar-refractivity contribution in [2.75, 3.05) is 38.2 Å². The van der Waals surface area contributed by atoms with Crippen LogP contribution in [-0.4, -0.2) is 54.9 Å². The number of nitrogens with one attached hydrogen (secondary N) is 1. The number of ether oxygens (including phenoxy) is 1. The summed E-state index contributed by atoms with van der Waals surface area (Å²) in [7, 11) is 0. The van der Waals surface area contributed by atoms with Crippen molar-refractivity contribution in [3.05, 3.63) is 29.8 Å². The first-order chi connectivity index (χ1) is 10.2. The Hall–Kier alpha value is -1.94.